The molecule has 9 nitrogen and oxygen atoms in total. The molecule has 2 amide bonds. The van der Waals surface area contributed by atoms with Crippen LogP contribution >= 0.6 is 11.3 Å². The van der Waals surface area contributed by atoms with E-state index in [4.69, 9.17) is 21.2 Å². The lowest BCUT2D eigenvalue weighted by atomic mass is 9.81. The molecule has 4 aromatic rings. The monoisotopic (exact) mass is 547 g/mol. The predicted molar refractivity (Wildman–Crippen MR) is 145 cm³/mol. The first-order chi connectivity index (χ1) is 18.6. The van der Waals surface area contributed by atoms with Crippen molar-refractivity contribution < 1.29 is 23.8 Å². The number of benzene rings is 2. The molecule has 39 heavy (non-hydrogen) atoms. The molecule has 2 aromatic carbocycles. The molecule has 0 unspecified atom stereocenters. The molecule has 1 aliphatic heterocycles. The number of aliphatic hydroxyl groups is 1. The Labute approximate surface area is 227 Å². The number of nitrogens with one attached hydrogen (secondary N) is 1. The Kier molecular flexibility index (Phi) is 5.81. The van der Waals surface area contributed by atoms with Crippen molar-refractivity contribution in [3.05, 3.63) is 71.2 Å². The van der Waals surface area contributed by atoms with E-state index in [-0.39, 0.29) is 30.7 Å². The minimum atomic E-state index is -1.53. The largest absolute Gasteiger partial charge is 0.489 e. The van der Waals surface area contributed by atoms with E-state index in [9.17, 15) is 19.1 Å². The highest BCUT2D eigenvalue weighted by Crippen LogP contribution is 2.50. The first-order valence-corrected chi connectivity index (χ1v) is 13.3. The van der Waals surface area contributed by atoms with Gasteiger partial charge in [0.2, 0.25) is 5.91 Å². The second-order valence-corrected chi connectivity index (χ2v) is 11.4. The summed E-state index contributed by atoms with van der Waals surface area (Å²) in [5, 5.41) is 15.3. The molecule has 0 saturated heterocycles. The zero-order valence-electron chi connectivity index (χ0n) is 21.0. The van der Waals surface area contributed by atoms with Crippen LogP contribution in [0.1, 0.15) is 41.4 Å². The second kappa shape index (κ2) is 8.99. The molecule has 2 aliphatic rings. The summed E-state index contributed by atoms with van der Waals surface area (Å²) in [6, 6.07) is 12.5. The number of carbonyl (C=O) groups excluding carboxylic acids is 2. The molecule has 0 spiro atoms. The number of pyridine rings is 1. The third kappa shape index (κ3) is 4.27. The number of thiazole rings is 1. The molecular weight excluding hydrogens is 521 g/mol. The van der Waals surface area contributed by atoms with Crippen LogP contribution in [0.3, 0.4) is 0 Å². The fourth-order valence-electron chi connectivity index (χ4n) is 5.02. The molecule has 6 rings (SSSR count). The van der Waals surface area contributed by atoms with Crippen molar-refractivity contribution in [2.45, 2.75) is 30.8 Å². The number of hydrogen-bond donors (Lipinski definition) is 4. The van der Waals surface area contributed by atoms with E-state index >= 15 is 0 Å². The van der Waals surface area contributed by atoms with Crippen molar-refractivity contribution in [3.63, 3.8) is 0 Å². The summed E-state index contributed by atoms with van der Waals surface area (Å²) in [6.07, 6.45) is 1.49. The normalized spacial score (nSPS) is 19.8. The van der Waals surface area contributed by atoms with Gasteiger partial charge in [0, 0.05) is 16.7 Å². The molecule has 1 saturated carbocycles. The Morgan fingerprint density at radius 3 is 2.64 bits per heavy atom. The number of amides is 2. The van der Waals surface area contributed by atoms with Gasteiger partial charge < -0.3 is 26.6 Å². The van der Waals surface area contributed by atoms with Gasteiger partial charge >= 0.3 is 0 Å². The highest BCUT2D eigenvalue weighted by atomic mass is 32.1. The van der Waals surface area contributed by atoms with Gasteiger partial charge in [-0.25, -0.2) is 14.4 Å². The minimum absolute atomic E-state index is 0.0140. The van der Waals surface area contributed by atoms with E-state index in [0.717, 1.165) is 17.5 Å². The van der Waals surface area contributed by atoms with E-state index in [1.165, 1.54) is 23.5 Å². The van der Waals surface area contributed by atoms with E-state index in [2.05, 4.69) is 10.3 Å². The van der Waals surface area contributed by atoms with Crippen molar-refractivity contribution in [3.8, 4) is 17.0 Å². The summed E-state index contributed by atoms with van der Waals surface area (Å²) >= 11 is 1.29. The molecule has 2 atom stereocenters. The molecule has 2 aromatic heterocycles. The van der Waals surface area contributed by atoms with Gasteiger partial charge in [-0.3, -0.25) is 9.59 Å². The number of nitrogen functional groups attached to an aromatic ring is 1. The highest BCUT2D eigenvalue weighted by molar-refractivity contribution is 7.22. The third-order valence-corrected chi connectivity index (χ3v) is 8.46. The summed E-state index contributed by atoms with van der Waals surface area (Å²) in [6.45, 7) is 1.59. The number of halogens is 1. The SMILES string of the molecule is C[C@]1(C(N)=O)COc2c1cc([C@@](O)(CNC(=O)c1ccc3nc(N)sc3c1)C1CC1)nc2-c1ccc(F)cc1. The van der Waals surface area contributed by atoms with Crippen molar-refractivity contribution in [1.82, 2.24) is 15.3 Å². The Morgan fingerprint density at radius 2 is 1.95 bits per heavy atom. The average molecular weight is 548 g/mol. The summed E-state index contributed by atoms with van der Waals surface area (Å²) < 4.78 is 20.4. The maximum absolute atomic E-state index is 13.7. The van der Waals surface area contributed by atoms with Crippen LogP contribution in [0.15, 0.2) is 48.5 Å². The number of aromatic nitrogens is 2. The van der Waals surface area contributed by atoms with E-state index < -0.39 is 22.7 Å². The second-order valence-electron chi connectivity index (χ2n) is 10.3. The maximum atomic E-state index is 13.7. The smallest absolute Gasteiger partial charge is 0.251 e. The molecule has 0 bridgehead atoms. The molecule has 11 heteroatoms. The quantitative estimate of drug-likeness (QED) is 0.277. The van der Waals surface area contributed by atoms with Crippen molar-refractivity contribution >= 4 is 38.5 Å². The number of carbonyl (C=O) groups is 2. The van der Waals surface area contributed by atoms with Crippen LogP contribution in [0.25, 0.3) is 21.5 Å². The zero-order valence-corrected chi connectivity index (χ0v) is 21.8. The molecule has 1 fully saturated rings. The molecule has 1 aliphatic carbocycles. The van der Waals surface area contributed by atoms with Crippen molar-refractivity contribution in [2.24, 2.45) is 11.7 Å². The Balaban J connectivity index is 1.39. The summed E-state index contributed by atoms with van der Waals surface area (Å²) in [5.41, 5.74) is 11.7. The molecule has 6 N–H and O–H groups in total. The molecule has 0 radical (unpaired) electrons. The molecule has 200 valence electrons. The Bertz CT molecular complexity index is 1640. The van der Waals surface area contributed by atoms with Crippen LogP contribution in [0.4, 0.5) is 9.52 Å². The first-order valence-electron chi connectivity index (χ1n) is 12.5. The van der Waals surface area contributed by atoms with Gasteiger partial charge in [-0.1, -0.05) is 11.3 Å². The number of fused-ring (bicyclic) bond motifs is 2. The van der Waals surface area contributed by atoms with Crippen LogP contribution in [0, 0.1) is 11.7 Å². The maximum Gasteiger partial charge on any atom is 0.251 e. The minimum Gasteiger partial charge on any atom is -0.489 e. The van der Waals surface area contributed by atoms with E-state index in [0.29, 0.717) is 38.8 Å². The zero-order chi connectivity index (χ0) is 27.5. The third-order valence-electron chi connectivity index (χ3n) is 7.62. The fourth-order valence-corrected chi connectivity index (χ4v) is 5.79. The van der Waals surface area contributed by atoms with Crippen LogP contribution in [0.2, 0.25) is 0 Å². The van der Waals surface area contributed by atoms with Crippen LogP contribution in [0.5, 0.6) is 5.75 Å². The van der Waals surface area contributed by atoms with E-state index in [1.54, 1.807) is 43.3 Å². The van der Waals surface area contributed by atoms with Crippen LogP contribution < -0.4 is 21.5 Å². The topological polar surface area (TPSA) is 153 Å². The number of ether oxygens (including phenoxy) is 1. The average Bonchev–Trinajstić information content (AvgIpc) is 3.63. The lowest BCUT2D eigenvalue weighted by Gasteiger charge is -2.30. The lowest BCUT2D eigenvalue weighted by molar-refractivity contribution is -0.123. The fraction of sp³-hybridized carbons (Fsp3) is 0.286. The van der Waals surface area contributed by atoms with Gasteiger partial charge in [-0.15, -0.1) is 0 Å². The number of rotatable bonds is 7. The number of nitrogens with zero attached hydrogens (tertiary/aromatic N) is 2. The number of nitrogens with two attached hydrogens (primary N) is 2. The van der Waals surface area contributed by atoms with Crippen LogP contribution in [-0.2, 0) is 15.8 Å². The molecule has 3 heterocycles. The summed E-state index contributed by atoms with van der Waals surface area (Å²) in [5.74, 6) is -1.15. The van der Waals surface area contributed by atoms with Crippen molar-refractivity contribution in [1.29, 1.82) is 0 Å². The standard InChI is InChI=1S/C28H26FN5O4S/c1-27(25(30)36)13-38-23-18(27)11-21(34-22(23)14-2-7-17(29)8-3-14)28(37,16-5-6-16)12-32-24(35)15-4-9-19-20(10-15)39-26(31)33-19/h2-4,7-11,16,37H,5-6,12-13H2,1H3,(H2,30,36)(H2,31,33)(H,32,35)/t27-,28+/m0/s1. The number of anilines is 1. The number of primary amides is 1. The Morgan fingerprint density at radius 1 is 1.21 bits per heavy atom. The van der Waals surface area contributed by atoms with Crippen molar-refractivity contribution in [2.75, 3.05) is 18.9 Å². The van der Waals surface area contributed by atoms with Gasteiger partial charge in [0.15, 0.2) is 5.13 Å². The first kappa shape index (κ1) is 25.2. The Hall–Kier alpha value is -4.09. The highest BCUT2D eigenvalue weighted by Gasteiger charge is 2.50. The summed E-state index contributed by atoms with van der Waals surface area (Å²) in [7, 11) is 0. The summed E-state index contributed by atoms with van der Waals surface area (Å²) in [4.78, 5) is 34.6. The number of hydrogen-bond acceptors (Lipinski definition) is 8. The van der Waals surface area contributed by atoms with Gasteiger partial charge in [0.05, 0.1) is 22.5 Å². The van der Waals surface area contributed by atoms with E-state index in [1.807, 2.05) is 0 Å². The predicted octanol–water partition coefficient (Wildman–Crippen LogP) is 3.24. The van der Waals surface area contributed by atoms with Gasteiger partial charge in [0.1, 0.15) is 34.9 Å². The molecular formula is C28H26FN5O4S. The lowest BCUT2D eigenvalue weighted by Crippen LogP contribution is -2.44. The van der Waals surface area contributed by atoms with Gasteiger partial charge in [-0.05, 0) is 74.2 Å². The van der Waals surface area contributed by atoms with Crippen LogP contribution in [-0.4, -0.2) is 40.0 Å². The van der Waals surface area contributed by atoms with Gasteiger partial charge in [0.25, 0.3) is 5.91 Å². The van der Waals surface area contributed by atoms with Gasteiger partial charge in [-0.2, -0.15) is 0 Å².